The van der Waals surface area contributed by atoms with Gasteiger partial charge < -0.3 is 0 Å². The summed E-state index contributed by atoms with van der Waals surface area (Å²) in [6, 6.07) is 0. The van der Waals surface area contributed by atoms with Gasteiger partial charge in [-0.2, -0.15) is 0 Å². The van der Waals surface area contributed by atoms with E-state index in [0.717, 1.165) is 0 Å². The van der Waals surface area contributed by atoms with Gasteiger partial charge in [0.05, 0.1) is 13.1 Å². The van der Waals surface area contributed by atoms with Crippen molar-refractivity contribution in [2.75, 3.05) is 33.2 Å². The summed E-state index contributed by atoms with van der Waals surface area (Å²) in [6.45, 7) is 0.157. The van der Waals surface area contributed by atoms with E-state index in [4.69, 9.17) is 0 Å². The topological polar surface area (TPSA) is 89.5 Å². The average Bonchev–Trinajstić information content (AvgIpc) is 1.96. The Labute approximate surface area is 69.3 Å². The lowest BCUT2D eigenvalue weighted by Crippen LogP contribution is -2.29. The predicted molar refractivity (Wildman–Crippen MR) is 41.2 cm³/mol. The lowest BCUT2D eigenvalue weighted by atomic mass is 10.5. The highest BCUT2D eigenvalue weighted by Crippen LogP contribution is 1.82. The Kier molecular flexibility index (Phi) is 4.86. The lowest BCUT2D eigenvalue weighted by molar-refractivity contribution is -0.486. The molecule has 0 aliphatic rings. The minimum atomic E-state index is -0.442. The molecule has 0 unspecified atom stereocenters. The highest BCUT2D eigenvalue weighted by Gasteiger charge is 2.05. The molecule has 0 spiro atoms. The van der Waals surface area contributed by atoms with Gasteiger partial charge in [0.15, 0.2) is 0 Å². The van der Waals surface area contributed by atoms with Crippen molar-refractivity contribution >= 4 is 0 Å². The second kappa shape index (κ2) is 5.42. The van der Waals surface area contributed by atoms with Crippen LogP contribution in [0.5, 0.6) is 0 Å². The fourth-order valence-corrected chi connectivity index (χ4v) is 0.617. The van der Waals surface area contributed by atoms with Crippen LogP contribution in [0.4, 0.5) is 0 Å². The Morgan fingerprint density at radius 1 is 1.08 bits per heavy atom. The molecule has 12 heavy (non-hydrogen) atoms. The molecule has 7 heteroatoms. The second-order valence-electron chi connectivity index (χ2n) is 2.42. The molecule has 0 rings (SSSR count). The van der Waals surface area contributed by atoms with Crippen molar-refractivity contribution in [2.45, 2.75) is 0 Å². The van der Waals surface area contributed by atoms with Crippen molar-refractivity contribution in [3.8, 4) is 0 Å². The van der Waals surface area contributed by atoms with E-state index in [1.165, 1.54) is 0 Å². The first-order valence-corrected chi connectivity index (χ1v) is 3.44. The Bertz CT molecular complexity index is 154. The molecule has 7 nitrogen and oxygen atoms in total. The van der Waals surface area contributed by atoms with Gasteiger partial charge in [-0.15, -0.1) is 0 Å². The van der Waals surface area contributed by atoms with Crippen molar-refractivity contribution in [2.24, 2.45) is 0 Å². The molecule has 0 saturated carbocycles. The Balaban J connectivity index is 3.39. The van der Waals surface area contributed by atoms with E-state index in [9.17, 15) is 20.2 Å². The fraction of sp³-hybridized carbons (Fsp3) is 1.00. The molecule has 0 aliphatic carbocycles. The molecule has 0 aromatic heterocycles. The maximum Gasteiger partial charge on any atom is 0.216 e. The molecule has 0 heterocycles. The summed E-state index contributed by atoms with van der Waals surface area (Å²) in [5.74, 6) is 0. The van der Waals surface area contributed by atoms with Gasteiger partial charge in [0.1, 0.15) is 0 Å². The van der Waals surface area contributed by atoms with Crippen LogP contribution in [0.3, 0.4) is 0 Å². The van der Waals surface area contributed by atoms with Crippen LogP contribution in [-0.2, 0) is 0 Å². The molecular weight excluding hydrogens is 166 g/mol. The summed E-state index contributed by atoms with van der Waals surface area (Å²) in [5, 5.41) is 19.8. The molecule has 0 aliphatic heterocycles. The zero-order valence-electron chi connectivity index (χ0n) is 6.80. The van der Waals surface area contributed by atoms with Gasteiger partial charge in [-0.1, -0.05) is 0 Å². The van der Waals surface area contributed by atoms with E-state index < -0.39 is 9.85 Å². The molecule has 0 N–H and O–H groups in total. The van der Waals surface area contributed by atoms with Crippen LogP contribution in [0.25, 0.3) is 0 Å². The third kappa shape index (κ3) is 6.87. The van der Waals surface area contributed by atoms with Gasteiger partial charge in [0.25, 0.3) is 0 Å². The normalized spacial score (nSPS) is 10.2. The molecule has 0 amide bonds. The largest absolute Gasteiger partial charge is 0.294 e. The van der Waals surface area contributed by atoms with E-state index in [-0.39, 0.29) is 26.2 Å². The van der Waals surface area contributed by atoms with E-state index in [2.05, 4.69) is 0 Å². The minimum absolute atomic E-state index is 0.172. The quantitative estimate of drug-likeness (QED) is 0.402. The Hall–Kier alpha value is -1.24. The van der Waals surface area contributed by atoms with Crippen LogP contribution in [0, 0.1) is 20.2 Å². The third-order valence-electron chi connectivity index (χ3n) is 1.33. The summed E-state index contributed by atoms with van der Waals surface area (Å²) >= 11 is 0. The molecule has 0 bridgehead atoms. The van der Waals surface area contributed by atoms with Crippen LogP contribution in [0.2, 0.25) is 0 Å². The van der Waals surface area contributed by atoms with E-state index in [1.54, 1.807) is 11.9 Å². The monoisotopic (exact) mass is 177 g/mol. The van der Waals surface area contributed by atoms with Crippen LogP contribution in [0.15, 0.2) is 0 Å². The summed E-state index contributed by atoms with van der Waals surface area (Å²) in [5.41, 5.74) is 0. The van der Waals surface area contributed by atoms with Gasteiger partial charge >= 0.3 is 0 Å². The van der Waals surface area contributed by atoms with Crippen LogP contribution < -0.4 is 0 Å². The van der Waals surface area contributed by atoms with Gasteiger partial charge in [-0.05, 0) is 7.05 Å². The summed E-state index contributed by atoms with van der Waals surface area (Å²) < 4.78 is 0. The van der Waals surface area contributed by atoms with E-state index >= 15 is 0 Å². The molecule has 0 fully saturated rings. The maximum atomic E-state index is 9.89. The SMILES string of the molecule is CN(CC[N+](=O)[O-])CC[N+](=O)[O-]. The van der Waals surface area contributed by atoms with Crippen LogP contribution in [0.1, 0.15) is 0 Å². The number of hydrogen-bond donors (Lipinski definition) is 0. The van der Waals surface area contributed by atoms with Crippen molar-refractivity contribution in [1.29, 1.82) is 0 Å². The zero-order chi connectivity index (χ0) is 9.56. The number of hydrogen-bond acceptors (Lipinski definition) is 5. The molecule has 0 saturated heterocycles. The van der Waals surface area contributed by atoms with Gasteiger partial charge in [-0.25, -0.2) is 0 Å². The van der Waals surface area contributed by atoms with Crippen LogP contribution in [-0.4, -0.2) is 48.0 Å². The maximum absolute atomic E-state index is 9.89. The van der Waals surface area contributed by atoms with Crippen molar-refractivity contribution in [3.05, 3.63) is 20.2 Å². The standard InChI is InChI=1S/C5H11N3O4/c1-6(2-4-7(9)10)3-5-8(11)12/h2-5H2,1H3. The first kappa shape index (κ1) is 10.8. The van der Waals surface area contributed by atoms with Gasteiger partial charge in [-0.3, -0.25) is 25.1 Å². The lowest BCUT2D eigenvalue weighted by Gasteiger charge is -2.10. The molecule has 0 aromatic carbocycles. The minimum Gasteiger partial charge on any atom is -0.294 e. The Morgan fingerprint density at radius 3 is 1.67 bits per heavy atom. The molecular formula is C5H11N3O4. The van der Waals surface area contributed by atoms with E-state index in [1.807, 2.05) is 0 Å². The average molecular weight is 177 g/mol. The zero-order valence-corrected chi connectivity index (χ0v) is 6.80. The van der Waals surface area contributed by atoms with Crippen LogP contribution >= 0.6 is 0 Å². The Morgan fingerprint density at radius 2 is 1.42 bits per heavy atom. The smallest absolute Gasteiger partial charge is 0.216 e. The van der Waals surface area contributed by atoms with E-state index in [0.29, 0.717) is 0 Å². The predicted octanol–water partition coefficient (Wildman–Crippen LogP) is -0.528. The van der Waals surface area contributed by atoms with Crippen molar-refractivity contribution < 1.29 is 9.85 Å². The second-order valence-corrected chi connectivity index (χ2v) is 2.42. The highest BCUT2D eigenvalue weighted by atomic mass is 16.6. The first-order valence-electron chi connectivity index (χ1n) is 3.44. The van der Waals surface area contributed by atoms with Gasteiger partial charge in [0.2, 0.25) is 13.1 Å². The molecule has 0 atom stereocenters. The molecule has 0 radical (unpaired) electrons. The number of likely N-dealkylation sites (N-methyl/N-ethyl adjacent to an activating group) is 1. The molecule has 0 aromatic rings. The number of nitrogens with zero attached hydrogens (tertiary/aromatic N) is 3. The number of nitro groups is 2. The fourth-order valence-electron chi connectivity index (χ4n) is 0.617. The molecule has 70 valence electrons. The third-order valence-corrected chi connectivity index (χ3v) is 1.33. The summed E-state index contributed by atoms with van der Waals surface area (Å²) in [7, 11) is 1.62. The highest BCUT2D eigenvalue weighted by molar-refractivity contribution is 4.47. The number of rotatable bonds is 6. The van der Waals surface area contributed by atoms with Gasteiger partial charge in [0, 0.05) is 9.85 Å². The summed E-state index contributed by atoms with van der Waals surface area (Å²) in [4.78, 5) is 20.5. The van der Waals surface area contributed by atoms with Crippen molar-refractivity contribution in [1.82, 2.24) is 4.90 Å². The summed E-state index contributed by atoms with van der Waals surface area (Å²) in [6.07, 6.45) is 0. The van der Waals surface area contributed by atoms with Crippen molar-refractivity contribution in [3.63, 3.8) is 0 Å². The first-order chi connectivity index (χ1) is 5.52.